The van der Waals surface area contributed by atoms with Crippen LogP contribution in [-0.4, -0.2) is 16.4 Å². The lowest BCUT2D eigenvalue weighted by molar-refractivity contribution is 0.112. The van der Waals surface area contributed by atoms with Crippen molar-refractivity contribution in [1.82, 2.24) is 4.98 Å². The van der Waals surface area contributed by atoms with Crippen molar-refractivity contribution in [3.63, 3.8) is 0 Å². The van der Waals surface area contributed by atoms with Gasteiger partial charge in [0, 0.05) is 18.2 Å². The van der Waals surface area contributed by atoms with Gasteiger partial charge < -0.3 is 5.11 Å². The maximum absolute atomic E-state index is 10.5. The molecular formula is C11H9NO2S. The Kier molecular flexibility index (Phi) is 2.78. The van der Waals surface area contributed by atoms with Gasteiger partial charge in [-0.05, 0) is 6.07 Å². The number of carbonyl (C=O) groups is 1. The average molecular weight is 219 g/mol. The molecular weight excluding hydrogens is 210 g/mol. The van der Waals surface area contributed by atoms with Gasteiger partial charge in [0.05, 0.1) is 9.88 Å². The molecule has 1 heterocycles. The highest BCUT2D eigenvalue weighted by Crippen LogP contribution is 2.21. The van der Waals surface area contributed by atoms with Crippen LogP contribution in [0.4, 0.5) is 0 Å². The van der Waals surface area contributed by atoms with E-state index in [1.165, 1.54) is 11.3 Å². The highest BCUT2D eigenvalue weighted by Gasteiger charge is 2.05. The van der Waals surface area contributed by atoms with Crippen molar-refractivity contribution in [2.45, 2.75) is 6.42 Å². The van der Waals surface area contributed by atoms with Crippen molar-refractivity contribution in [3.8, 4) is 5.75 Å². The van der Waals surface area contributed by atoms with E-state index in [1.807, 2.05) is 12.1 Å². The van der Waals surface area contributed by atoms with Gasteiger partial charge in [0.15, 0.2) is 6.29 Å². The molecule has 2 aromatic rings. The zero-order chi connectivity index (χ0) is 10.7. The first-order valence-corrected chi connectivity index (χ1v) is 5.28. The fourth-order valence-corrected chi connectivity index (χ4v) is 2.04. The van der Waals surface area contributed by atoms with E-state index in [2.05, 4.69) is 4.98 Å². The number of hydrogen-bond acceptors (Lipinski definition) is 4. The van der Waals surface area contributed by atoms with Crippen molar-refractivity contribution < 1.29 is 9.90 Å². The molecule has 0 amide bonds. The van der Waals surface area contributed by atoms with E-state index < -0.39 is 0 Å². The van der Waals surface area contributed by atoms with E-state index in [0.717, 1.165) is 16.9 Å². The smallest absolute Gasteiger partial charge is 0.161 e. The third-order valence-corrected chi connectivity index (χ3v) is 2.94. The van der Waals surface area contributed by atoms with Crippen LogP contribution < -0.4 is 0 Å². The van der Waals surface area contributed by atoms with Crippen molar-refractivity contribution in [3.05, 3.63) is 45.9 Å². The molecule has 76 valence electrons. The number of thiazole rings is 1. The topological polar surface area (TPSA) is 50.2 Å². The third kappa shape index (κ3) is 2.22. The monoisotopic (exact) mass is 219 g/mol. The van der Waals surface area contributed by atoms with Gasteiger partial charge in [-0.2, -0.15) is 0 Å². The molecule has 0 atom stereocenters. The van der Waals surface area contributed by atoms with Crippen LogP contribution in [0.3, 0.4) is 0 Å². The predicted octanol–water partition coefficient (Wildman–Crippen LogP) is 2.25. The number of aromatic nitrogens is 1. The molecule has 0 aliphatic rings. The van der Waals surface area contributed by atoms with Crippen LogP contribution in [0.15, 0.2) is 30.5 Å². The number of benzene rings is 1. The largest absolute Gasteiger partial charge is 0.508 e. The molecule has 1 N–H and O–H groups in total. The van der Waals surface area contributed by atoms with Crippen LogP contribution in [0.2, 0.25) is 0 Å². The zero-order valence-corrected chi connectivity index (χ0v) is 8.70. The lowest BCUT2D eigenvalue weighted by Crippen LogP contribution is -1.86. The molecule has 0 saturated heterocycles. The molecule has 0 unspecified atom stereocenters. The van der Waals surface area contributed by atoms with Gasteiger partial charge in [-0.1, -0.05) is 18.2 Å². The summed E-state index contributed by atoms with van der Waals surface area (Å²) < 4.78 is 0. The number of nitrogens with zero attached hydrogens (tertiary/aromatic N) is 1. The molecule has 0 aliphatic carbocycles. The minimum atomic E-state index is 0.264. The Balaban J connectivity index is 2.22. The fourth-order valence-electron chi connectivity index (χ4n) is 1.28. The average Bonchev–Trinajstić information content (AvgIpc) is 2.69. The Morgan fingerprint density at radius 2 is 2.20 bits per heavy atom. The van der Waals surface area contributed by atoms with E-state index in [1.54, 1.807) is 18.3 Å². The first-order valence-electron chi connectivity index (χ1n) is 4.46. The molecule has 0 radical (unpaired) electrons. The summed E-state index contributed by atoms with van der Waals surface area (Å²) in [7, 11) is 0. The molecule has 15 heavy (non-hydrogen) atoms. The summed E-state index contributed by atoms with van der Waals surface area (Å²) in [6.45, 7) is 0. The maximum Gasteiger partial charge on any atom is 0.161 e. The van der Waals surface area contributed by atoms with Crippen molar-refractivity contribution in [2.75, 3.05) is 0 Å². The van der Waals surface area contributed by atoms with Crippen LogP contribution in [-0.2, 0) is 6.42 Å². The second kappa shape index (κ2) is 4.23. The minimum Gasteiger partial charge on any atom is -0.508 e. The Hall–Kier alpha value is -1.68. The van der Waals surface area contributed by atoms with Gasteiger partial charge in [0.1, 0.15) is 5.75 Å². The fraction of sp³-hybridized carbons (Fsp3) is 0.0909. The van der Waals surface area contributed by atoms with Crippen LogP contribution >= 0.6 is 11.3 Å². The maximum atomic E-state index is 10.5. The molecule has 0 bridgehead atoms. The number of para-hydroxylation sites is 1. The van der Waals surface area contributed by atoms with Crippen LogP contribution in [0.5, 0.6) is 5.75 Å². The van der Waals surface area contributed by atoms with Crippen molar-refractivity contribution in [2.24, 2.45) is 0 Å². The normalized spacial score (nSPS) is 10.1. The molecule has 3 nitrogen and oxygen atoms in total. The van der Waals surface area contributed by atoms with Crippen LogP contribution in [0.1, 0.15) is 20.2 Å². The standard InChI is InChI=1S/C11H9NO2S/c13-7-9-6-12-11(15-9)5-8-3-1-2-4-10(8)14/h1-4,6-7,14H,5H2. The second-order valence-corrected chi connectivity index (χ2v) is 4.23. The van der Waals surface area contributed by atoms with E-state index in [-0.39, 0.29) is 5.75 Å². The Bertz CT molecular complexity index is 479. The van der Waals surface area contributed by atoms with Gasteiger partial charge in [0.25, 0.3) is 0 Å². The highest BCUT2D eigenvalue weighted by atomic mass is 32.1. The summed E-state index contributed by atoms with van der Waals surface area (Å²) in [4.78, 5) is 15.2. The molecule has 0 fully saturated rings. The lowest BCUT2D eigenvalue weighted by Gasteiger charge is -2.00. The van der Waals surface area contributed by atoms with Gasteiger partial charge >= 0.3 is 0 Å². The molecule has 1 aromatic carbocycles. The van der Waals surface area contributed by atoms with E-state index in [0.29, 0.717) is 11.3 Å². The summed E-state index contributed by atoms with van der Waals surface area (Å²) in [5.41, 5.74) is 0.823. The molecule has 2 rings (SSSR count). The van der Waals surface area contributed by atoms with Gasteiger partial charge in [-0.3, -0.25) is 4.79 Å². The summed E-state index contributed by atoms with van der Waals surface area (Å²) in [5.74, 6) is 0.264. The van der Waals surface area contributed by atoms with Crippen LogP contribution in [0.25, 0.3) is 0 Å². The van der Waals surface area contributed by atoms with E-state index in [4.69, 9.17) is 0 Å². The van der Waals surface area contributed by atoms with E-state index in [9.17, 15) is 9.90 Å². The molecule has 0 aliphatic heterocycles. The Morgan fingerprint density at radius 1 is 1.40 bits per heavy atom. The summed E-state index contributed by atoms with van der Waals surface area (Å²) in [6.07, 6.45) is 2.89. The first kappa shape index (κ1) is 9.86. The van der Waals surface area contributed by atoms with Crippen LogP contribution in [0, 0.1) is 0 Å². The molecule has 0 spiro atoms. The Morgan fingerprint density at radius 3 is 2.87 bits per heavy atom. The summed E-state index contributed by atoms with van der Waals surface area (Å²) in [6, 6.07) is 7.13. The number of phenols is 1. The zero-order valence-electron chi connectivity index (χ0n) is 7.88. The summed E-state index contributed by atoms with van der Waals surface area (Å²) in [5, 5.41) is 10.4. The van der Waals surface area contributed by atoms with Gasteiger partial charge in [-0.25, -0.2) is 4.98 Å². The lowest BCUT2D eigenvalue weighted by atomic mass is 10.1. The number of carbonyl (C=O) groups excluding carboxylic acids is 1. The van der Waals surface area contributed by atoms with E-state index >= 15 is 0 Å². The van der Waals surface area contributed by atoms with Gasteiger partial charge in [0.2, 0.25) is 0 Å². The second-order valence-electron chi connectivity index (χ2n) is 3.08. The number of rotatable bonds is 3. The quantitative estimate of drug-likeness (QED) is 0.805. The molecule has 0 saturated carbocycles. The van der Waals surface area contributed by atoms with Gasteiger partial charge in [-0.15, -0.1) is 11.3 Å². The SMILES string of the molecule is O=Cc1cnc(Cc2ccccc2O)s1. The van der Waals surface area contributed by atoms with Crippen molar-refractivity contribution >= 4 is 17.6 Å². The number of aldehydes is 1. The number of phenolic OH excluding ortho intramolecular Hbond substituents is 1. The first-order chi connectivity index (χ1) is 7.29. The number of hydrogen-bond donors (Lipinski definition) is 1. The van der Waals surface area contributed by atoms with Crippen molar-refractivity contribution in [1.29, 1.82) is 0 Å². The third-order valence-electron chi connectivity index (χ3n) is 2.02. The molecule has 1 aromatic heterocycles. The Labute approximate surface area is 91.0 Å². The predicted molar refractivity (Wildman–Crippen MR) is 58.4 cm³/mol. The number of aromatic hydroxyl groups is 1. The summed E-state index contributed by atoms with van der Waals surface area (Å²) >= 11 is 1.35. The molecule has 4 heteroatoms. The minimum absolute atomic E-state index is 0.264. The highest BCUT2D eigenvalue weighted by molar-refractivity contribution is 7.13.